The fourth-order valence-electron chi connectivity index (χ4n) is 3.73. The summed E-state index contributed by atoms with van der Waals surface area (Å²) in [5, 5.41) is 10.6. The van der Waals surface area contributed by atoms with E-state index >= 15 is 0 Å². The van der Waals surface area contributed by atoms with Crippen LogP contribution < -0.4 is 14.8 Å². The van der Waals surface area contributed by atoms with Gasteiger partial charge in [-0.3, -0.25) is 14.2 Å². The Labute approximate surface area is 208 Å². The minimum atomic E-state index is -4.60. The van der Waals surface area contributed by atoms with Crippen molar-refractivity contribution in [2.24, 2.45) is 0 Å². The quantitative estimate of drug-likeness (QED) is 0.370. The predicted molar refractivity (Wildman–Crippen MR) is 126 cm³/mol. The molecule has 2 heterocycles. The molecule has 1 saturated carbocycles. The number of nitrogens with zero attached hydrogens (tertiary/aromatic N) is 4. The number of aromatic nitrogens is 4. The first-order chi connectivity index (χ1) is 16.7. The van der Waals surface area contributed by atoms with Crippen LogP contribution in [0, 0.1) is 0 Å². The summed E-state index contributed by atoms with van der Waals surface area (Å²) in [6.07, 6.45) is 0.0713. The van der Waals surface area contributed by atoms with E-state index in [1.165, 1.54) is 6.20 Å². The van der Waals surface area contributed by atoms with Crippen LogP contribution in [0.1, 0.15) is 49.6 Å². The Morgan fingerprint density at radius 2 is 1.91 bits per heavy atom. The first-order valence-electron chi connectivity index (χ1n) is 11.2. The smallest absolute Gasteiger partial charge is 0.436 e. The molecule has 1 N–H and O–H groups in total. The lowest BCUT2D eigenvalue weighted by molar-refractivity contribution is -0.142. The number of carbonyl (C=O) groups excluding carboxylic acids is 1. The van der Waals surface area contributed by atoms with Gasteiger partial charge >= 0.3 is 6.18 Å². The van der Waals surface area contributed by atoms with E-state index in [0.717, 1.165) is 23.1 Å². The molecule has 12 heteroatoms. The molecule has 4 rings (SSSR count). The highest BCUT2D eigenvalue weighted by atomic mass is 79.9. The molecule has 0 bridgehead atoms. The van der Waals surface area contributed by atoms with Gasteiger partial charge in [-0.2, -0.15) is 23.4 Å². The van der Waals surface area contributed by atoms with Crippen LogP contribution >= 0.6 is 15.9 Å². The van der Waals surface area contributed by atoms with Gasteiger partial charge < -0.3 is 14.8 Å². The Kier molecular flexibility index (Phi) is 7.39. The first kappa shape index (κ1) is 25.1. The number of carbonyl (C=O) groups is 1. The zero-order valence-corrected chi connectivity index (χ0v) is 20.8. The average Bonchev–Trinajstić information content (AvgIpc) is 3.43. The third-order valence-corrected chi connectivity index (χ3v) is 6.11. The molecule has 0 unspecified atom stereocenters. The normalized spacial score (nSPS) is 13.7. The van der Waals surface area contributed by atoms with Gasteiger partial charge in [0.05, 0.1) is 41.8 Å². The molecule has 0 radical (unpaired) electrons. The molecular formula is C23H25BrF3N5O3. The maximum Gasteiger partial charge on any atom is 0.436 e. The SMILES string of the molecule is CCOc1ccc(Cn2cc(NC(=O)Cn3nc(C(F)(F)F)c(Br)c3C3CC3)cn2)cc1OCC. The van der Waals surface area contributed by atoms with Gasteiger partial charge in [0, 0.05) is 12.1 Å². The summed E-state index contributed by atoms with van der Waals surface area (Å²) in [7, 11) is 0. The Balaban J connectivity index is 1.43. The van der Waals surface area contributed by atoms with Crippen LogP contribution in [-0.2, 0) is 24.1 Å². The summed E-state index contributed by atoms with van der Waals surface area (Å²) < 4.78 is 53.8. The topological polar surface area (TPSA) is 83.2 Å². The van der Waals surface area contributed by atoms with E-state index in [4.69, 9.17) is 9.47 Å². The lowest BCUT2D eigenvalue weighted by Gasteiger charge is -2.12. The van der Waals surface area contributed by atoms with Crippen molar-refractivity contribution < 1.29 is 27.4 Å². The molecule has 0 saturated heterocycles. The Bertz CT molecular complexity index is 1200. The predicted octanol–water partition coefficient (Wildman–Crippen LogP) is 5.22. The molecule has 8 nitrogen and oxygen atoms in total. The Hall–Kier alpha value is -3.02. The van der Waals surface area contributed by atoms with Crippen molar-refractivity contribution >= 4 is 27.5 Å². The van der Waals surface area contributed by atoms with Crippen molar-refractivity contribution in [3.05, 3.63) is 52.0 Å². The number of alkyl halides is 3. The van der Waals surface area contributed by atoms with Crippen molar-refractivity contribution in [2.45, 2.75) is 51.9 Å². The maximum absolute atomic E-state index is 13.3. The molecule has 1 aliphatic rings. The van der Waals surface area contributed by atoms with E-state index in [1.807, 2.05) is 32.0 Å². The minimum absolute atomic E-state index is 0.0285. The number of hydrogen-bond acceptors (Lipinski definition) is 5. The second-order valence-corrected chi connectivity index (χ2v) is 8.89. The van der Waals surface area contributed by atoms with Crippen molar-refractivity contribution in [1.82, 2.24) is 19.6 Å². The van der Waals surface area contributed by atoms with Gasteiger partial charge in [-0.25, -0.2) is 0 Å². The highest BCUT2D eigenvalue weighted by Crippen LogP contribution is 2.47. The van der Waals surface area contributed by atoms with Crippen molar-refractivity contribution in [2.75, 3.05) is 18.5 Å². The standard InChI is InChI=1S/C23H25BrF3N5O3/c1-3-34-17-8-5-14(9-18(17)35-4-2)11-31-12-16(10-28-31)29-19(33)13-32-21(15-6-7-15)20(24)22(30-32)23(25,26)27/h5,8-10,12,15H,3-4,6-7,11,13H2,1-2H3,(H,29,33). The van der Waals surface area contributed by atoms with Crippen LogP contribution in [0.3, 0.4) is 0 Å². The summed E-state index contributed by atoms with van der Waals surface area (Å²) in [5.74, 6) is 0.785. The molecule has 3 aromatic rings. The molecule has 1 amide bonds. The zero-order chi connectivity index (χ0) is 25.2. The van der Waals surface area contributed by atoms with Crippen molar-refractivity contribution in [1.29, 1.82) is 0 Å². The lowest BCUT2D eigenvalue weighted by Crippen LogP contribution is -2.21. The van der Waals surface area contributed by atoms with E-state index in [9.17, 15) is 18.0 Å². The van der Waals surface area contributed by atoms with Crippen molar-refractivity contribution in [3.63, 3.8) is 0 Å². The molecular weight excluding hydrogens is 531 g/mol. The molecule has 188 valence electrons. The van der Waals surface area contributed by atoms with Crippen molar-refractivity contribution in [3.8, 4) is 11.5 Å². The number of anilines is 1. The monoisotopic (exact) mass is 555 g/mol. The Morgan fingerprint density at radius 1 is 1.20 bits per heavy atom. The fraction of sp³-hybridized carbons (Fsp3) is 0.435. The molecule has 2 aromatic heterocycles. The number of benzene rings is 1. The van der Waals surface area contributed by atoms with Crippen LogP contribution in [0.2, 0.25) is 0 Å². The second-order valence-electron chi connectivity index (χ2n) is 8.10. The highest BCUT2D eigenvalue weighted by molar-refractivity contribution is 9.10. The minimum Gasteiger partial charge on any atom is -0.490 e. The van der Waals surface area contributed by atoms with Gasteiger partial charge in [0.25, 0.3) is 0 Å². The van der Waals surface area contributed by atoms with Gasteiger partial charge in [0.15, 0.2) is 17.2 Å². The number of halogens is 4. The fourth-order valence-corrected chi connectivity index (χ4v) is 4.57. The second kappa shape index (κ2) is 10.3. The number of rotatable bonds is 10. The molecule has 0 aliphatic heterocycles. The molecule has 0 atom stereocenters. The van der Waals surface area contributed by atoms with E-state index in [-0.39, 0.29) is 16.9 Å². The van der Waals surface area contributed by atoms with Gasteiger partial charge in [-0.15, -0.1) is 0 Å². The van der Waals surface area contributed by atoms with Gasteiger partial charge in [-0.1, -0.05) is 6.07 Å². The van der Waals surface area contributed by atoms with Gasteiger partial charge in [0.1, 0.15) is 6.54 Å². The zero-order valence-electron chi connectivity index (χ0n) is 19.2. The lowest BCUT2D eigenvalue weighted by atomic mass is 10.2. The first-order valence-corrected chi connectivity index (χ1v) is 12.0. The molecule has 0 spiro atoms. The van der Waals surface area contributed by atoms with Crippen LogP contribution in [0.5, 0.6) is 11.5 Å². The number of ether oxygens (including phenoxy) is 2. The van der Waals surface area contributed by atoms with E-state index in [2.05, 4.69) is 31.4 Å². The van der Waals surface area contributed by atoms with Gasteiger partial charge in [-0.05, 0) is 60.3 Å². The Morgan fingerprint density at radius 3 is 2.57 bits per heavy atom. The summed E-state index contributed by atoms with van der Waals surface area (Å²) in [5.41, 5.74) is 0.750. The van der Waals surface area contributed by atoms with E-state index in [0.29, 0.717) is 42.6 Å². The largest absolute Gasteiger partial charge is 0.490 e. The third kappa shape index (κ3) is 5.98. The molecule has 1 fully saturated rings. The maximum atomic E-state index is 13.3. The van der Waals surface area contributed by atoms with Crippen LogP contribution in [-0.4, -0.2) is 38.7 Å². The molecule has 1 aromatic carbocycles. The summed E-state index contributed by atoms with van der Waals surface area (Å²) in [6, 6.07) is 5.62. The number of nitrogens with one attached hydrogen (secondary N) is 1. The van der Waals surface area contributed by atoms with Crippen LogP contribution in [0.25, 0.3) is 0 Å². The molecule has 35 heavy (non-hydrogen) atoms. The number of amides is 1. The van der Waals surface area contributed by atoms with E-state index in [1.54, 1.807) is 10.9 Å². The van der Waals surface area contributed by atoms with Crippen LogP contribution in [0.15, 0.2) is 35.1 Å². The summed E-state index contributed by atoms with van der Waals surface area (Å²) >= 11 is 3.03. The third-order valence-electron chi connectivity index (χ3n) is 5.33. The van der Waals surface area contributed by atoms with Gasteiger partial charge in [0.2, 0.25) is 5.91 Å². The van der Waals surface area contributed by atoms with E-state index < -0.39 is 17.8 Å². The average molecular weight is 556 g/mol. The van der Waals surface area contributed by atoms with Crippen LogP contribution in [0.4, 0.5) is 18.9 Å². The number of hydrogen-bond donors (Lipinski definition) is 1. The summed E-state index contributed by atoms with van der Waals surface area (Å²) in [4.78, 5) is 12.6. The molecule has 1 aliphatic carbocycles. The highest BCUT2D eigenvalue weighted by Gasteiger charge is 2.42. The summed E-state index contributed by atoms with van der Waals surface area (Å²) in [6.45, 7) is 4.91.